The molecule has 0 saturated carbocycles. The summed E-state index contributed by atoms with van der Waals surface area (Å²) in [5.41, 5.74) is 3.61. The second-order valence-corrected chi connectivity index (χ2v) is 8.22. The number of likely N-dealkylation sites (tertiary alicyclic amines) is 1. The van der Waals surface area contributed by atoms with Crippen molar-refractivity contribution in [1.82, 2.24) is 20.5 Å². The quantitative estimate of drug-likeness (QED) is 0.221. The monoisotopic (exact) mass is 563 g/mol. The zero-order valence-electron chi connectivity index (χ0n) is 19.6. The number of halogens is 1. The van der Waals surface area contributed by atoms with Crippen molar-refractivity contribution in [2.75, 3.05) is 40.9 Å². The van der Waals surface area contributed by atoms with Crippen LogP contribution in [0.25, 0.3) is 10.9 Å². The van der Waals surface area contributed by atoms with Crippen LogP contribution in [0.1, 0.15) is 17.7 Å². The van der Waals surface area contributed by atoms with E-state index in [2.05, 4.69) is 68.0 Å². The summed E-state index contributed by atoms with van der Waals surface area (Å²) in [5, 5.41) is 8.28. The van der Waals surface area contributed by atoms with Gasteiger partial charge in [-0.25, -0.2) is 0 Å². The number of methoxy groups -OCH3 is 2. The summed E-state index contributed by atoms with van der Waals surface area (Å²) in [7, 11) is 5.20. The van der Waals surface area contributed by atoms with E-state index in [0.717, 1.165) is 56.5 Å². The zero-order valence-corrected chi connectivity index (χ0v) is 21.9. The average Bonchev–Trinajstić information content (AvgIpc) is 3.44. The maximum atomic E-state index is 5.40. The highest BCUT2D eigenvalue weighted by Gasteiger charge is 2.23. The molecule has 0 spiro atoms. The van der Waals surface area contributed by atoms with Crippen LogP contribution in [0.2, 0.25) is 0 Å². The van der Waals surface area contributed by atoms with E-state index < -0.39 is 0 Å². The smallest absolute Gasteiger partial charge is 0.191 e. The molecule has 33 heavy (non-hydrogen) atoms. The third-order valence-electron chi connectivity index (χ3n) is 5.93. The molecule has 2 aromatic carbocycles. The van der Waals surface area contributed by atoms with Crippen molar-refractivity contribution in [2.24, 2.45) is 4.99 Å². The standard InChI is InChI=1S/C25H33N5O2.HI/c1-26-25(27-10-8-20-14-19-6-4-5-7-24(19)28-20)29-21-9-11-30(17-21)16-18-12-22(31-2)15-23(13-18)32-3;/h4-7,12-15,21,28H,8-11,16-17H2,1-3H3,(H2,26,27,29);1H. The highest BCUT2D eigenvalue weighted by Crippen LogP contribution is 2.24. The van der Waals surface area contributed by atoms with Gasteiger partial charge in [-0.05, 0) is 41.6 Å². The molecule has 1 aromatic heterocycles. The van der Waals surface area contributed by atoms with E-state index in [-0.39, 0.29) is 24.0 Å². The van der Waals surface area contributed by atoms with Gasteiger partial charge in [0.25, 0.3) is 0 Å². The van der Waals surface area contributed by atoms with Crippen LogP contribution >= 0.6 is 24.0 Å². The van der Waals surface area contributed by atoms with Crippen LogP contribution in [0.4, 0.5) is 0 Å². The van der Waals surface area contributed by atoms with Gasteiger partial charge in [0.15, 0.2) is 5.96 Å². The highest BCUT2D eigenvalue weighted by atomic mass is 127. The number of hydrogen-bond acceptors (Lipinski definition) is 4. The fourth-order valence-electron chi connectivity index (χ4n) is 4.28. The minimum absolute atomic E-state index is 0. The van der Waals surface area contributed by atoms with Gasteiger partial charge in [-0.3, -0.25) is 9.89 Å². The summed E-state index contributed by atoms with van der Waals surface area (Å²) in [4.78, 5) is 10.3. The SMILES string of the molecule is CN=C(NCCc1cc2ccccc2[nH]1)NC1CCN(Cc2cc(OC)cc(OC)c2)C1.I. The number of guanidine groups is 1. The molecule has 8 heteroatoms. The Morgan fingerprint density at radius 2 is 1.88 bits per heavy atom. The number of ether oxygens (including phenoxy) is 2. The molecule has 1 atom stereocenters. The van der Waals surface area contributed by atoms with Gasteiger partial charge in [-0.2, -0.15) is 0 Å². The Labute approximate surface area is 213 Å². The van der Waals surface area contributed by atoms with Crippen LogP contribution < -0.4 is 20.1 Å². The lowest BCUT2D eigenvalue weighted by atomic mass is 10.2. The summed E-state index contributed by atoms with van der Waals surface area (Å²) in [6.45, 7) is 3.72. The predicted octanol–water partition coefficient (Wildman–Crippen LogP) is 3.79. The molecular weight excluding hydrogens is 529 g/mol. The fraction of sp³-hybridized carbons (Fsp3) is 0.400. The lowest BCUT2D eigenvalue weighted by Crippen LogP contribution is -2.45. The van der Waals surface area contributed by atoms with Gasteiger partial charge in [0.1, 0.15) is 11.5 Å². The zero-order chi connectivity index (χ0) is 22.3. The first-order valence-corrected chi connectivity index (χ1v) is 11.1. The van der Waals surface area contributed by atoms with Crippen LogP contribution in [-0.4, -0.2) is 62.8 Å². The first-order chi connectivity index (χ1) is 15.7. The maximum Gasteiger partial charge on any atom is 0.191 e. The Balaban J connectivity index is 0.00000306. The van der Waals surface area contributed by atoms with Crippen molar-refractivity contribution in [3.05, 3.63) is 59.8 Å². The van der Waals surface area contributed by atoms with Gasteiger partial charge in [0.05, 0.1) is 14.2 Å². The Morgan fingerprint density at radius 3 is 2.58 bits per heavy atom. The molecule has 4 rings (SSSR count). The van der Waals surface area contributed by atoms with Gasteiger partial charge in [-0.1, -0.05) is 18.2 Å². The summed E-state index contributed by atoms with van der Waals surface area (Å²) >= 11 is 0. The minimum atomic E-state index is 0. The second kappa shape index (κ2) is 12.1. The number of nitrogens with one attached hydrogen (secondary N) is 3. The molecule has 0 bridgehead atoms. The third-order valence-corrected chi connectivity index (χ3v) is 5.93. The minimum Gasteiger partial charge on any atom is -0.497 e. The van der Waals surface area contributed by atoms with E-state index in [1.807, 2.05) is 13.1 Å². The molecule has 1 unspecified atom stereocenters. The Morgan fingerprint density at radius 1 is 1.12 bits per heavy atom. The van der Waals surface area contributed by atoms with Crippen LogP contribution in [0.3, 0.4) is 0 Å². The van der Waals surface area contributed by atoms with E-state index in [1.54, 1.807) is 14.2 Å². The van der Waals surface area contributed by atoms with Gasteiger partial charge in [-0.15, -0.1) is 24.0 Å². The van der Waals surface area contributed by atoms with E-state index in [0.29, 0.717) is 6.04 Å². The number of nitrogens with zero attached hydrogens (tertiary/aromatic N) is 2. The largest absolute Gasteiger partial charge is 0.497 e. The van der Waals surface area contributed by atoms with E-state index in [1.165, 1.54) is 22.2 Å². The molecule has 3 N–H and O–H groups in total. The molecule has 2 heterocycles. The molecular formula is C25H34IN5O2. The summed E-state index contributed by atoms with van der Waals surface area (Å²) in [6.07, 6.45) is 2.01. The van der Waals surface area contributed by atoms with Crippen molar-refractivity contribution in [3.63, 3.8) is 0 Å². The lowest BCUT2D eigenvalue weighted by molar-refractivity contribution is 0.321. The molecule has 0 radical (unpaired) electrons. The lowest BCUT2D eigenvalue weighted by Gasteiger charge is -2.19. The number of aromatic nitrogens is 1. The molecule has 1 fully saturated rings. The molecule has 7 nitrogen and oxygen atoms in total. The highest BCUT2D eigenvalue weighted by molar-refractivity contribution is 14.0. The van der Waals surface area contributed by atoms with Gasteiger partial charge in [0.2, 0.25) is 0 Å². The number of para-hydroxylation sites is 1. The van der Waals surface area contributed by atoms with E-state index >= 15 is 0 Å². The van der Waals surface area contributed by atoms with Gasteiger partial charge < -0.3 is 25.1 Å². The Kier molecular flexibility index (Phi) is 9.25. The van der Waals surface area contributed by atoms with Crippen LogP contribution in [0.15, 0.2) is 53.5 Å². The van der Waals surface area contributed by atoms with Gasteiger partial charge in [0, 0.05) is 63.0 Å². The molecule has 178 valence electrons. The number of benzene rings is 2. The number of aliphatic imine (C=N–C) groups is 1. The first-order valence-electron chi connectivity index (χ1n) is 11.1. The van der Waals surface area contributed by atoms with Crippen LogP contribution in [0, 0.1) is 0 Å². The number of rotatable bonds is 8. The molecule has 0 amide bonds. The Hall–Kier alpha value is -2.46. The van der Waals surface area contributed by atoms with E-state index in [9.17, 15) is 0 Å². The molecule has 1 aliphatic heterocycles. The number of fused-ring (bicyclic) bond motifs is 1. The van der Waals surface area contributed by atoms with Crippen LogP contribution in [0.5, 0.6) is 11.5 Å². The topological polar surface area (TPSA) is 73.9 Å². The van der Waals surface area contributed by atoms with E-state index in [4.69, 9.17) is 9.47 Å². The molecule has 1 aliphatic rings. The summed E-state index contributed by atoms with van der Waals surface area (Å²) < 4.78 is 10.8. The van der Waals surface area contributed by atoms with Crippen molar-refractivity contribution >= 4 is 40.8 Å². The second-order valence-electron chi connectivity index (χ2n) is 8.22. The number of H-pyrrole nitrogens is 1. The maximum absolute atomic E-state index is 5.40. The van der Waals surface area contributed by atoms with Crippen molar-refractivity contribution < 1.29 is 9.47 Å². The molecule has 1 saturated heterocycles. The third kappa shape index (κ3) is 6.77. The molecule has 3 aromatic rings. The average molecular weight is 563 g/mol. The van der Waals surface area contributed by atoms with Crippen LogP contribution in [-0.2, 0) is 13.0 Å². The van der Waals surface area contributed by atoms with Crippen molar-refractivity contribution in [2.45, 2.75) is 25.4 Å². The first kappa shape index (κ1) is 25.2. The summed E-state index contributed by atoms with van der Waals surface area (Å²) in [5.74, 6) is 2.51. The van der Waals surface area contributed by atoms with Gasteiger partial charge >= 0.3 is 0 Å². The normalized spacial score (nSPS) is 16.5. The Bertz CT molecular complexity index is 1010. The van der Waals surface area contributed by atoms with Crippen molar-refractivity contribution in [1.29, 1.82) is 0 Å². The predicted molar refractivity (Wildman–Crippen MR) is 145 cm³/mol. The van der Waals surface area contributed by atoms with Crippen molar-refractivity contribution in [3.8, 4) is 11.5 Å². The molecule has 0 aliphatic carbocycles. The summed E-state index contributed by atoms with van der Waals surface area (Å²) in [6, 6.07) is 17.0. The number of hydrogen-bond donors (Lipinski definition) is 3. The fourth-order valence-corrected chi connectivity index (χ4v) is 4.28. The number of aromatic amines is 1.